The van der Waals surface area contributed by atoms with Crippen molar-refractivity contribution in [3.05, 3.63) is 206 Å². The van der Waals surface area contributed by atoms with Crippen molar-refractivity contribution in [3.63, 3.8) is 0 Å². The lowest BCUT2D eigenvalue weighted by Crippen LogP contribution is -2.10. The van der Waals surface area contributed by atoms with Crippen molar-refractivity contribution in [1.29, 1.82) is 0 Å². The second-order valence-electron chi connectivity index (χ2n) is 13.9. The molecule has 54 heavy (non-hydrogen) atoms. The highest BCUT2D eigenvalue weighted by molar-refractivity contribution is 6.18. The van der Waals surface area contributed by atoms with Crippen LogP contribution in [0.1, 0.15) is 0 Å². The number of hydrogen-bond donors (Lipinski definition) is 0. The normalized spacial score (nSPS) is 11.7. The van der Waals surface area contributed by atoms with Crippen molar-refractivity contribution < 1.29 is 0 Å². The molecule has 0 aliphatic carbocycles. The Morgan fingerprint density at radius 1 is 0.315 bits per heavy atom. The van der Waals surface area contributed by atoms with Crippen LogP contribution in [0.2, 0.25) is 0 Å². The molecule has 0 bridgehead atoms. The molecule has 0 aliphatic heterocycles. The number of hydrogen-bond acceptors (Lipinski definition) is 1. The van der Waals surface area contributed by atoms with Crippen LogP contribution in [0.15, 0.2) is 206 Å². The van der Waals surface area contributed by atoms with E-state index in [0.717, 1.165) is 34.1 Å². The van der Waals surface area contributed by atoms with Crippen molar-refractivity contribution in [2.75, 3.05) is 4.90 Å². The van der Waals surface area contributed by atoms with E-state index in [-0.39, 0.29) is 0 Å². The second kappa shape index (κ2) is 12.1. The highest BCUT2D eigenvalue weighted by Crippen LogP contribution is 2.41. The third-order valence-corrected chi connectivity index (χ3v) is 10.8. The summed E-state index contributed by atoms with van der Waals surface area (Å²) < 4.78 is 7.13. The summed E-state index contributed by atoms with van der Waals surface area (Å²) in [6.07, 6.45) is 2.21. The van der Waals surface area contributed by atoms with Crippen LogP contribution in [-0.4, -0.2) is 13.7 Å². The molecule has 254 valence electrons. The fourth-order valence-corrected chi connectivity index (χ4v) is 8.48. The highest BCUT2D eigenvalue weighted by atomic mass is 15.1. The van der Waals surface area contributed by atoms with Crippen LogP contribution in [0.5, 0.6) is 0 Å². The summed E-state index contributed by atoms with van der Waals surface area (Å²) in [6, 6.07) is 72.1. The lowest BCUT2D eigenvalue weighted by Gasteiger charge is -2.26. The van der Waals surface area contributed by atoms with Gasteiger partial charge in [0.05, 0.1) is 27.6 Å². The molecule has 3 heterocycles. The van der Waals surface area contributed by atoms with Crippen LogP contribution in [0, 0.1) is 0 Å². The zero-order chi connectivity index (χ0) is 35.6. The molecule has 0 saturated carbocycles. The number of aromatic nitrogens is 3. The maximum atomic E-state index is 2.42. The smallest absolute Gasteiger partial charge is 0.0788 e. The molecule has 0 atom stereocenters. The number of fused-ring (bicyclic) bond motifs is 8. The minimum absolute atomic E-state index is 1.09. The summed E-state index contributed by atoms with van der Waals surface area (Å²) in [5.74, 6) is 0. The predicted molar refractivity (Wildman–Crippen MR) is 227 cm³/mol. The Balaban J connectivity index is 1.07. The topological polar surface area (TPSA) is 18.0 Å². The number of nitrogens with zero attached hydrogens (tertiary/aromatic N) is 4. The Bertz CT molecular complexity index is 3130. The predicted octanol–water partition coefficient (Wildman–Crippen LogP) is 13.3. The molecule has 4 nitrogen and oxygen atoms in total. The molecule has 0 radical (unpaired) electrons. The summed E-state index contributed by atoms with van der Waals surface area (Å²) in [5, 5.41) is 6.17. The maximum absolute atomic E-state index is 2.42. The zero-order valence-corrected chi connectivity index (χ0v) is 29.4. The van der Waals surface area contributed by atoms with Gasteiger partial charge in [0.2, 0.25) is 0 Å². The van der Waals surface area contributed by atoms with E-state index >= 15 is 0 Å². The van der Waals surface area contributed by atoms with Crippen molar-refractivity contribution in [2.45, 2.75) is 0 Å². The van der Waals surface area contributed by atoms with Gasteiger partial charge in [0.15, 0.2) is 0 Å². The Morgan fingerprint density at radius 3 is 1.56 bits per heavy atom. The second-order valence-corrected chi connectivity index (χ2v) is 13.9. The molecule has 11 aromatic rings. The molecule has 0 unspecified atom stereocenters. The van der Waals surface area contributed by atoms with Crippen LogP contribution in [0.3, 0.4) is 0 Å². The molecule has 0 N–H and O–H groups in total. The van der Waals surface area contributed by atoms with E-state index in [1.165, 1.54) is 54.5 Å². The highest BCUT2D eigenvalue weighted by Gasteiger charge is 2.20. The van der Waals surface area contributed by atoms with Gasteiger partial charge in [-0.05, 0) is 97.1 Å². The van der Waals surface area contributed by atoms with E-state index in [2.05, 4.69) is 225 Å². The maximum Gasteiger partial charge on any atom is 0.0788 e. The molecular weight excluding hydrogens is 657 g/mol. The third-order valence-electron chi connectivity index (χ3n) is 10.8. The Labute approximate surface area is 312 Å². The molecule has 3 aromatic heterocycles. The van der Waals surface area contributed by atoms with Crippen LogP contribution >= 0.6 is 0 Å². The van der Waals surface area contributed by atoms with E-state index < -0.39 is 0 Å². The van der Waals surface area contributed by atoms with Crippen molar-refractivity contribution in [1.82, 2.24) is 13.7 Å². The van der Waals surface area contributed by atoms with E-state index in [4.69, 9.17) is 0 Å². The van der Waals surface area contributed by atoms with Gasteiger partial charge < -0.3 is 18.6 Å². The van der Waals surface area contributed by atoms with Gasteiger partial charge in [-0.1, -0.05) is 103 Å². The zero-order valence-electron chi connectivity index (χ0n) is 29.4. The van der Waals surface area contributed by atoms with Crippen LogP contribution < -0.4 is 4.90 Å². The van der Waals surface area contributed by atoms with Crippen molar-refractivity contribution >= 4 is 71.6 Å². The first-order valence-electron chi connectivity index (χ1n) is 18.4. The lowest BCUT2D eigenvalue weighted by atomic mass is 10.1. The monoisotopic (exact) mass is 690 g/mol. The first-order chi connectivity index (χ1) is 26.8. The molecular formula is C50H34N4. The van der Waals surface area contributed by atoms with Gasteiger partial charge in [-0.15, -0.1) is 0 Å². The summed E-state index contributed by atoms with van der Waals surface area (Å²) >= 11 is 0. The van der Waals surface area contributed by atoms with E-state index in [0.29, 0.717) is 0 Å². The number of anilines is 3. The third kappa shape index (κ3) is 4.64. The van der Waals surface area contributed by atoms with E-state index in [1.807, 2.05) is 0 Å². The van der Waals surface area contributed by atoms with Crippen molar-refractivity contribution in [3.8, 4) is 17.1 Å². The molecule has 0 aliphatic rings. The van der Waals surface area contributed by atoms with E-state index in [1.54, 1.807) is 0 Å². The summed E-state index contributed by atoms with van der Waals surface area (Å²) in [6.45, 7) is 0. The molecule has 11 rings (SSSR count). The molecule has 0 spiro atoms. The van der Waals surface area contributed by atoms with Gasteiger partial charge >= 0.3 is 0 Å². The number of para-hydroxylation sites is 5. The number of benzene rings is 8. The fraction of sp³-hybridized carbons (Fsp3) is 0. The minimum atomic E-state index is 1.09. The Morgan fingerprint density at radius 2 is 0.852 bits per heavy atom. The van der Waals surface area contributed by atoms with Crippen LogP contribution in [0.4, 0.5) is 17.1 Å². The largest absolute Gasteiger partial charge is 0.315 e. The molecule has 4 heteroatoms. The van der Waals surface area contributed by atoms with Gasteiger partial charge in [0, 0.05) is 67.3 Å². The SMILES string of the molecule is c1ccc(N(c2ccc(-n3ccc4ccc5c6ccccc6n(-c6ccccc6)c5c43)cc2)c2ccc3c(c2)c2ccccc2n3-c2ccccc2)cc1. The van der Waals surface area contributed by atoms with Gasteiger partial charge in [-0.2, -0.15) is 0 Å². The average molecular weight is 691 g/mol. The molecule has 0 amide bonds. The van der Waals surface area contributed by atoms with E-state index in [9.17, 15) is 0 Å². The fourth-order valence-electron chi connectivity index (χ4n) is 8.48. The first kappa shape index (κ1) is 30.3. The van der Waals surface area contributed by atoms with Crippen molar-refractivity contribution in [2.24, 2.45) is 0 Å². The summed E-state index contributed by atoms with van der Waals surface area (Å²) in [7, 11) is 0. The summed E-state index contributed by atoms with van der Waals surface area (Å²) in [5.41, 5.74) is 12.7. The Kier molecular flexibility index (Phi) is 6.82. The molecule has 0 fully saturated rings. The first-order valence-corrected chi connectivity index (χ1v) is 18.4. The minimum Gasteiger partial charge on any atom is -0.315 e. The Hall–Kier alpha value is -7.30. The van der Waals surface area contributed by atoms with Crippen LogP contribution in [0.25, 0.3) is 71.6 Å². The standard InChI is InChI=1S/C50H34N4/c1-4-14-37(15-5-1)52(41-29-31-48-45(34-41)43-21-11-12-22-46(43)53(48)38-16-6-2-7-17-38)40-27-25-36(26-28-40)51-33-32-35-24-30-44-42-20-10-13-23-47(42)54(50(44)49(35)51)39-18-8-3-9-19-39/h1-34H. The van der Waals surface area contributed by atoms with Gasteiger partial charge in [0.25, 0.3) is 0 Å². The average Bonchev–Trinajstić information content (AvgIpc) is 3.93. The lowest BCUT2D eigenvalue weighted by molar-refractivity contribution is 1.11. The quantitative estimate of drug-likeness (QED) is 0.170. The van der Waals surface area contributed by atoms with Gasteiger partial charge in [-0.25, -0.2) is 0 Å². The molecule has 8 aromatic carbocycles. The molecule has 0 saturated heterocycles. The van der Waals surface area contributed by atoms with Gasteiger partial charge in [0.1, 0.15) is 0 Å². The summed E-state index contributed by atoms with van der Waals surface area (Å²) in [4.78, 5) is 2.36. The number of rotatable bonds is 6. The van der Waals surface area contributed by atoms with Gasteiger partial charge in [-0.3, -0.25) is 0 Å². The van der Waals surface area contributed by atoms with Crippen LogP contribution in [-0.2, 0) is 0 Å².